The van der Waals surface area contributed by atoms with Crippen molar-refractivity contribution in [3.63, 3.8) is 0 Å². The maximum absolute atomic E-state index is 5.70. The highest BCUT2D eigenvalue weighted by molar-refractivity contribution is 5.44. The van der Waals surface area contributed by atoms with Crippen LogP contribution in [0.5, 0.6) is 0 Å². The van der Waals surface area contributed by atoms with Gasteiger partial charge >= 0.3 is 0 Å². The first-order valence-corrected chi connectivity index (χ1v) is 6.41. The molecule has 0 saturated carbocycles. The molecule has 0 radical (unpaired) electrons. The third kappa shape index (κ3) is 2.57. The van der Waals surface area contributed by atoms with Crippen LogP contribution < -0.4 is 10.6 Å². The predicted octanol–water partition coefficient (Wildman–Crippen LogP) is 0.485. The normalized spacial score (nSPS) is 10.8. The topological polar surface area (TPSA) is 85.2 Å². The first kappa shape index (κ1) is 12.5. The Morgan fingerprint density at radius 3 is 2.75 bits per heavy atom. The monoisotopic (exact) mass is 269 g/mol. The first-order valence-electron chi connectivity index (χ1n) is 6.41. The lowest BCUT2D eigenvalue weighted by molar-refractivity contribution is 0.701. The summed E-state index contributed by atoms with van der Waals surface area (Å²) in [6.45, 7) is 2.02. The number of nitrogens with two attached hydrogens (primary N) is 1. The van der Waals surface area contributed by atoms with E-state index in [-0.39, 0.29) is 0 Å². The Bertz CT molecular complexity index is 679. The molecule has 0 bridgehead atoms. The van der Waals surface area contributed by atoms with E-state index in [1.807, 2.05) is 30.3 Å². The third-order valence-electron chi connectivity index (χ3n) is 2.99. The van der Waals surface area contributed by atoms with E-state index in [1.165, 1.54) is 10.2 Å². The second-order valence-electron chi connectivity index (χ2n) is 4.41. The molecule has 0 fully saturated rings. The number of rotatable bonds is 5. The minimum absolute atomic E-state index is 0.558. The predicted molar refractivity (Wildman–Crippen MR) is 75.1 cm³/mol. The molecule has 7 heteroatoms. The largest absolute Gasteiger partial charge is 0.350 e. The Labute approximate surface area is 116 Å². The molecule has 1 aromatic carbocycles. The minimum Gasteiger partial charge on any atom is -0.350 e. The van der Waals surface area contributed by atoms with Crippen LogP contribution in [0, 0.1) is 0 Å². The van der Waals surface area contributed by atoms with Crippen LogP contribution in [0.4, 0.5) is 5.82 Å². The Hall–Kier alpha value is -2.54. The molecular formula is C13H15N7. The molecule has 3 aromatic rings. The van der Waals surface area contributed by atoms with Gasteiger partial charge in [-0.3, -0.25) is 0 Å². The summed E-state index contributed by atoms with van der Waals surface area (Å²) in [6, 6.07) is 14.0. The molecule has 0 aliphatic rings. The van der Waals surface area contributed by atoms with E-state index in [4.69, 9.17) is 5.73 Å². The van der Waals surface area contributed by atoms with Crippen LogP contribution >= 0.6 is 0 Å². The zero-order valence-electron chi connectivity index (χ0n) is 10.9. The van der Waals surface area contributed by atoms with Crippen LogP contribution in [0.3, 0.4) is 0 Å². The van der Waals surface area contributed by atoms with E-state index in [9.17, 15) is 0 Å². The SMILES string of the molecule is NCCN(Cc1ccccc1)c1ccc2nnnn2n1. The van der Waals surface area contributed by atoms with Crippen LogP contribution in [-0.4, -0.2) is 38.3 Å². The van der Waals surface area contributed by atoms with Gasteiger partial charge < -0.3 is 10.6 Å². The molecule has 20 heavy (non-hydrogen) atoms. The molecule has 0 saturated heterocycles. The quantitative estimate of drug-likeness (QED) is 0.725. The molecule has 0 aliphatic heterocycles. The first-order chi connectivity index (χ1) is 9.86. The lowest BCUT2D eigenvalue weighted by atomic mass is 10.2. The summed E-state index contributed by atoms with van der Waals surface area (Å²) in [6.07, 6.45) is 0. The standard InChI is InChI=1S/C13H15N7/c14-8-9-19(10-11-4-2-1-3-5-11)13-7-6-12-15-17-18-20(12)16-13/h1-7H,8-10,14H2. The van der Waals surface area contributed by atoms with Gasteiger partial charge in [-0.2, -0.15) is 0 Å². The van der Waals surface area contributed by atoms with E-state index in [1.54, 1.807) is 0 Å². The molecule has 0 amide bonds. The van der Waals surface area contributed by atoms with E-state index in [2.05, 4.69) is 37.7 Å². The van der Waals surface area contributed by atoms with E-state index < -0.39 is 0 Å². The highest BCUT2D eigenvalue weighted by atomic mass is 15.6. The van der Waals surface area contributed by atoms with Gasteiger partial charge in [0.25, 0.3) is 0 Å². The van der Waals surface area contributed by atoms with Crippen molar-refractivity contribution in [3.05, 3.63) is 48.0 Å². The number of hydrogen-bond acceptors (Lipinski definition) is 6. The van der Waals surface area contributed by atoms with E-state index in [0.717, 1.165) is 18.9 Å². The fourth-order valence-corrected chi connectivity index (χ4v) is 2.04. The number of fused-ring (bicyclic) bond motifs is 1. The maximum Gasteiger partial charge on any atom is 0.200 e. The molecule has 2 N–H and O–H groups in total. The lowest BCUT2D eigenvalue weighted by Gasteiger charge is -2.22. The Kier molecular flexibility index (Phi) is 3.51. The zero-order valence-corrected chi connectivity index (χ0v) is 10.9. The van der Waals surface area contributed by atoms with Crippen LogP contribution in [0.2, 0.25) is 0 Å². The van der Waals surface area contributed by atoms with Crippen molar-refractivity contribution in [1.82, 2.24) is 25.3 Å². The number of anilines is 1. The summed E-state index contributed by atoms with van der Waals surface area (Å²) in [4.78, 5) is 2.11. The summed E-state index contributed by atoms with van der Waals surface area (Å²) in [5.41, 5.74) is 7.53. The van der Waals surface area contributed by atoms with Gasteiger partial charge in [-0.05, 0) is 28.1 Å². The molecule has 102 valence electrons. The van der Waals surface area contributed by atoms with Crippen molar-refractivity contribution < 1.29 is 0 Å². The van der Waals surface area contributed by atoms with Crippen molar-refractivity contribution in [2.24, 2.45) is 5.73 Å². The molecule has 2 heterocycles. The zero-order chi connectivity index (χ0) is 13.8. The highest BCUT2D eigenvalue weighted by Crippen LogP contribution is 2.14. The number of nitrogens with zero attached hydrogens (tertiary/aromatic N) is 6. The van der Waals surface area contributed by atoms with Gasteiger partial charge in [0.05, 0.1) is 0 Å². The Morgan fingerprint density at radius 1 is 1.10 bits per heavy atom. The average molecular weight is 269 g/mol. The number of hydrogen-bond donors (Lipinski definition) is 1. The highest BCUT2D eigenvalue weighted by Gasteiger charge is 2.10. The van der Waals surface area contributed by atoms with Crippen LogP contribution in [0.15, 0.2) is 42.5 Å². The van der Waals surface area contributed by atoms with Crippen LogP contribution in [0.1, 0.15) is 5.56 Å². The fraction of sp³-hybridized carbons (Fsp3) is 0.231. The second kappa shape index (κ2) is 5.62. The molecule has 0 unspecified atom stereocenters. The number of aromatic nitrogens is 5. The van der Waals surface area contributed by atoms with Crippen molar-refractivity contribution in [2.45, 2.75) is 6.54 Å². The molecule has 0 spiro atoms. The van der Waals surface area contributed by atoms with Gasteiger partial charge in [-0.1, -0.05) is 30.3 Å². The summed E-state index contributed by atoms with van der Waals surface area (Å²) in [7, 11) is 0. The van der Waals surface area contributed by atoms with Crippen molar-refractivity contribution in [1.29, 1.82) is 0 Å². The lowest BCUT2D eigenvalue weighted by Crippen LogP contribution is -2.30. The summed E-state index contributed by atoms with van der Waals surface area (Å²) in [5.74, 6) is 0.805. The van der Waals surface area contributed by atoms with E-state index in [0.29, 0.717) is 12.2 Å². The van der Waals surface area contributed by atoms with Gasteiger partial charge in [0.2, 0.25) is 0 Å². The molecule has 3 rings (SSSR count). The smallest absolute Gasteiger partial charge is 0.200 e. The average Bonchev–Trinajstić information content (AvgIpc) is 2.95. The Morgan fingerprint density at radius 2 is 1.95 bits per heavy atom. The molecule has 7 nitrogen and oxygen atoms in total. The van der Waals surface area contributed by atoms with Gasteiger partial charge in [-0.25, -0.2) is 0 Å². The van der Waals surface area contributed by atoms with Crippen molar-refractivity contribution >= 4 is 11.5 Å². The van der Waals surface area contributed by atoms with Gasteiger partial charge in [-0.15, -0.1) is 14.8 Å². The number of benzene rings is 1. The van der Waals surface area contributed by atoms with Crippen molar-refractivity contribution in [2.75, 3.05) is 18.0 Å². The van der Waals surface area contributed by atoms with Crippen LogP contribution in [0.25, 0.3) is 5.65 Å². The fourth-order valence-electron chi connectivity index (χ4n) is 2.04. The maximum atomic E-state index is 5.70. The summed E-state index contributed by atoms with van der Waals surface area (Å²) < 4.78 is 1.42. The minimum atomic E-state index is 0.558. The summed E-state index contributed by atoms with van der Waals surface area (Å²) >= 11 is 0. The van der Waals surface area contributed by atoms with Crippen molar-refractivity contribution in [3.8, 4) is 0 Å². The molecule has 0 atom stereocenters. The number of tetrazole rings is 1. The third-order valence-corrected chi connectivity index (χ3v) is 2.99. The molecule has 2 aromatic heterocycles. The van der Waals surface area contributed by atoms with Gasteiger partial charge in [0.1, 0.15) is 0 Å². The molecular weight excluding hydrogens is 254 g/mol. The van der Waals surface area contributed by atoms with Gasteiger partial charge in [0.15, 0.2) is 11.5 Å². The molecule has 0 aliphatic carbocycles. The van der Waals surface area contributed by atoms with E-state index >= 15 is 0 Å². The second-order valence-corrected chi connectivity index (χ2v) is 4.41. The summed E-state index contributed by atoms with van der Waals surface area (Å²) in [5, 5.41) is 15.7. The van der Waals surface area contributed by atoms with Crippen LogP contribution in [-0.2, 0) is 6.54 Å². The van der Waals surface area contributed by atoms with Gasteiger partial charge in [0, 0.05) is 19.6 Å². The Balaban J connectivity index is 1.89.